The van der Waals surface area contributed by atoms with Crippen molar-refractivity contribution in [3.8, 4) is 11.4 Å². The number of hydrogen-bond acceptors (Lipinski definition) is 4. The Hall–Kier alpha value is -2.76. The van der Waals surface area contributed by atoms with Crippen molar-refractivity contribution >= 4 is 16.7 Å². The van der Waals surface area contributed by atoms with Crippen LogP contribution >= 0.6 is 0 Å². The molecular formula is C21H24N6. The lowest BCUT2D eigenvalue weighted by Gasteiger charge is -2.19. The fourth-order valence-electron chi connectivity index (χ4n) is 4.47. The summed E-state index contributed by atoms with van der Waals surface area (Å²) in [5.74, 6) is 0.691. The first-order valence-electron chi connectivity index (χ1n) is 9.87. The van der Waals surface area contributed by atoms with Crippen LogP contribution in [0.15, 0.2) is 30.9 Å². The highest BCUT2D eigenvalue weighted by Gasteiger charge is 2.23. The van der Waals surface area contributed by atoms with Crippen molar-refractivity contribution < 1.29 is 0 Å². The summed E-state index contributed by atoms with van der Waals surface area (Å²) in [5.41, 5.74) is 5.43. The normalized spacial score (nSPS) is 16.2. The Labute approximate surface area is 158 Å². The molecule has 0 aliphatic heterocycles. The van der Waals surface area contributed by atoms with Gasteiger partial charge in [0.2, 0.25) is 0 Å². The van der Waals surface area contributed by atoms with Gasteiger partial charge in [0.25, 0.3) is 0 Å². The predicted molar refractivity (Wildman–Crippen MR) is 106 cm³/mol. The molecule has 5 rings (SSSR count). The molecule has 0 unspecified atom stereocenters. The average Bonchev–Trinajstić information content (AvgIpc) is 3.10. The minimum Gasteiger partial charge on any atom is -0.326 e. The summed E-state index contributed by atoms with van der Waals surface area (Å²) in [4.78, 5) is 13.9. The number of aromatic nitrogens is 6. The first kappa shape index (κ1) is 16.4. The number of rotatable bonds is 2. The highest BCUT2D eigenvalue weighted by molar-refractivity contribution is 5.94. The van der Waals surface area contributed by atoms with Crippen LogP contribution in [0.3, 0.4) is 0 Å². The molecule has 1 saturated carbocycles. The number of nitrogens with zero attached hydrogens (tertiary/aromatic N) is 6. The van der Waals surface area contributed by atoms with Crippen LogP contribution in [0.2, 0.25) is 0 Å². The van der Waals surface area contributed by atoms with E-state index >= 15 is 0 Å². The van der Waals surface area contributed by atoms with E-state index < -0.39 is 0 Å². The Morgan fingerprint density at radius 3 is 2.59 bits per heavy atom. The summed E-state index contributed by atoms with van der Waals surface area (Å²) >= 11 is 0. The third kappa shape index (κ3) is 2.62. The van der Waals surface area contributed by atoms with Gasteiger partial charge in [-0.05, 0) is 44.4 Å². The summed E-state index contributed by atoms with van der Waals surface area (Å²) in [7, 11) is 0. The molecule has 0 saturated heterocycles. The molecule has 4 heterocycles. The van der Waals surface area contributed by atoms with Crippen LogP contribution in [0.1, 0.15) is 55.8 Å². The van der Waals surface area contributed by atoms with Gasteiger partial charge in [0.15, 0.2) is 11.5 Å². The average molecular weight is 360 g/mol. The van der Waals surface area contributed by atoms with Crippen molar-refractivity contribution in [2.75, 3.05) is 0 Å². The van der Waals surface area contributed by atoms with Crippen LogP contribution in [0, 0.1) is 13.8 Å². The van der Waals surface area contributed by atoms with Gasteiger partial charge in [0, 0.05) is 29.7 Å². The summed E-state index contributed by atoms with van der Waals surface area (Å²) in [6.45, 7) is 4.40. The van der Waals surface area contributed by atoms with Gasteiger partial charge < -0.3 is 4.57 Å². The van der Waals surface area contributed by atoms with E-state index in [1.807, 2.05) is 12.1 Å². The van der Waals surface area contributed by atoms with Gasteiger partial charge in [-0.1, -0.05) is 25.7 Å². The fraction of sp³-hybridized carbons (Fsp3) is 0.429. The number of aryl methyl sites for hydroxylation is 1. The molecule has 138 valence electrons. The lowest BCUT2D eigenvalue weighted by atomic mass is 10.1. The number of fused-ring (bicyclic) bond motifs is 3. The molecule has 0 spiro atoms. The van der Waals surface area contributed by atoms with Crippen molar-refractivity contribution in [2.45, 2.75) is 58.4 Å². The van der Waals surface area contributed by atoms with Gasteiger partial charge in [-0.15, -0.1) is 5.10 Å². The molecule has 6 nitrogen and oxygen atoms in total. The summed E-state index contributed by atoms with van der Waals surface area (Å²) in [6.07, 6.45) is 13.2. The second kappa shape index (κ2) is 6.44. The SMILES string of the molecule is Cc1c(C)n(C2CCCCCC2)c2ncn3nc(-c4cccnc4)nc3c12. The third-order valence-corrected chi connectivity index (χ3v) is 5.98. The molecule has 0 amide bonds. The van der Waals surface area contributed by atoms with Gasteiger partial charge >= 0.3 is 0 Å². The number of hydrogen-bond donors (Lipinski definition) is 0. The zero-order valence-corrected chi connectivity index (χ0v) is 15.9. The van der Waals surface area contributed by atoms with Crippen molar-refractivity contribution in [3.05, 3.63) is 42.1 Å². The maximum absolute atomic E-state index is 4.85. The Kier molecular flexibility index (Phi) is 3.92. The van der Waals surface area contributed by atoms with Crippen molar-refractivity contribution in [1.29, 1.82) is 0 Å². The summed E-state index contributed by atoms with van der Waals surface area (Å²) in [6, 6.07) is 4.44. The van der Waals surface area contributed by atoms with E-state index in [9.17, 15) is 0 Å². The van der Waals surface area contributed by atoms with E-state index in [0.717, 1.165) is 22.2 Å². The van der Waals surface area contributed by atoms with Crippen LogP contribution in [-0.4, -0.2) is 29.1 Å². The van der Waals surface area contributed by atoms with Crippen LogP contribution in [0.25, 0.3) is 28.1 Å². The Morgan fingerprint density at radius 2 is 1.85 bits per heavy atom. The van der Waals surface area contributed by atoms with E-state index in [-0.39, 0.29) is 0 Å². The Balaban J connectivity index is 1.72. The lowest BCUT2D eigenvalue weighted by molar-refractivity contribution is 0.446. The molecule has 0 bridgehead atoms. The second-order valence-electron chi connectivity index (χ2n) is 7.61. The minimum absolute atomic E-state index is 0.541. The van der Waals surface area contributed by atoms with E-state index in [2.05, 4.69) is 28.5 Å². The molecule has 0 radical (unpaired) electrons. The highest BCUT2D eigenvalue weighted by Crippen LogP contribution is 2.35. The highest BCUT2D eigenvalue weighted by atomic mass is 15.3. The van der Waals surface area contributed by atoms with Crippen LogP contribution in [0.4, 0.5) is 0 Å². The Bertz CT molecular complexity index is 1100. The minimum atomic E-state index is 0.541. The van der Waals surface area contributed by atoms with Gasteiger partial charge in [-0.3, -0.25) is 4.98 Å². The topological polar surface area (TPSA) is 60.9 Å². The largest absolute Gasteiger partial charge is 0.326 e. The van der Waals surface area contributed by atoms with Crippen LogP contribution < -0.4 is 0 Å². The smallest absolute Gasteiger partial charge is 0.183 e. The lowest BCUT2D eigenvalue weighted by Crippen LogP contribution is -2.10. The molecule has 1 fully saturated rings. The molecule has 1 aliphatic carbocycles. The first-order valence-corrected chi connectivity index (χ1v) is 9.87. The molecule has 4 aromatic heterocycles. The van der Waals surface area contributed by atoms with E-state index in [1.54, 1.807) is 23.2 Å². The van der Waals surface area contributed by atoms with Gasteiger partial charge in [-0.25, -0.2) is 14.5 Å². The molecule has 1 aliphatic rings. The van der Waals surface area contributed by atoms with Gasteiger partial charge in [0.05, 0.1) is 5.39 Å². The molecule has 0 N–H and O–H groups in total. The van der Waals surface area contributed by atoms with Crippen molar-refractivity contribution in [3.63, 3.8) is 0 Å². The fourth-order valence-corrected chi connectivity index (χ4v) is 4.47. The summed E-state index contributed by atoms with van der Waals surface area (Å²) < 4.78 is 4.27. The predicted octanol–water partition coefficient (Wildman–Crippen LogP) is 4.65. The molecule has 4 aromatic rings. The maximum atomic E-state index is 4.85. The third-order valence-electron chi connectivity index (χ3n) is 5.98. The maximum Gasteiger partial charge on any atom is 0.183 e. The zero-order chi connectivity index (χ0) is 18.4. The molecule has 0 aromatic carbocycles. The van der Waals surface area contributed by atoms with Crippen LogP contribution in [0.5, 0.6) is 0 Å². The quantitative estimate of drug-likeness (QED) is 0.488. The van der Waals surface area contributed by atoms with Gasteiger partial charge in [0.1, 0.15) is 12.0 Å². The molecule has 6 heteroatoms. The Morgan fingerprint density at radius 1 is 1.04 bits per heavy atom. The standard InChI is InChI=1S/C21H24N6/c1-14-15(2)27(17-9-5-3-4-6-10-17)20-18(14)21-24-19(25-26(21)13-23-20)16-8-7-11-22-12-16/h7-8,11-13,17H,3-6,9-10H2,1-2H3. The molecular weight excluding hydrogens is 336 g/mol. The van der Waals surface area contributed by atoms with Crippen molar-refractivity contribution in [1.82, 2.24) is 29.1 Å². The van der Waals surface area contributed by atoms with E-state index in [0.29, 0.717) is 11.9 Å². The van der Waals surface area contributed by atoms with E-state index in [1.165, 1.54) is 49.8 Å². The van der Waals surface area contributed by atoms with Crippen LogP contribution in [-0.2, 0) is 0 Å². The molecule has 27 heavy (non-hydrogen) atoms. The second-order valence-corrected chi connectivity index (χ2v) is 7.61. The zero-order valence-electron chi connectivity index (χ0n) is 15.9. The number of pyridine rings is 1. The molecule has 0 atom stereocenters. The van der Waals surface area contributed by atoms with Gasteiger partial charge in [-0.2, -0.15) is 0 Å². The summed E-state index contributed by atoms with van der Waals surface area (Å²) in [5, 5.41) is 5.76. The monoisotopic (exact) mass is 360 g/mol. The van der Waals surface area contributed by atoms with Crippen molar-refractivity contribution in [2.24, 2.45) is 0 Å². The first-order chi connectivity index (χ1) is 13.2. The van der Waals surface area contributed by atoms with E-state index in [4.69, 9.17) is 9.97 Å².